The lowest BCUT2D eigenvalue weighted by molar-refractivity contribution is -0.571. The van der Waals surface area contributed by atoms with E-state index < -0.39 is 60.4 Å². The number of aromatic nitrogens is 5. The Labute approximate surface area is 559 Å². The average molecular weight is 1210 g/mol. The molecule has 444 valence electrons. The van der Waals surface area contributed by atoms with Crippen LogP contribution in [0, 0.1) is 6.33 Å². The van der Waals surface area contributed by atoms with Crippen LogP contribution in [0.15, 0.2) is 315 Å². The van der Waals surface area contributed by atoms with Crippen LogP contribution in [0.3, 0.4) is 0 Å². The van der Waals surface area contributed by atoms with Gasteiger partial charge >= 0.3 is 0 Å². The van der Waals surface area contributed by atoms with Crippen molar-refractivity contribution in [3.05, 3.63) is 327 Å². The highest BCUT2D eigenvalue weighted by Crippen LogP contribution is 2.45. The first-order valence-corrected chi connectivity index (χ1v) is 31.4. The third kappa shape index (κ3) is 9.09. The molecule has 0 atom stereocenters. The Kier molecular flexibility index (Phi) is 10.5. The van der Waals surface area contributed by atoms with E-state index in [1.165, 1.54) is 0 Å². The molecule has 21 rings (SSSR count). The van der Waals surface area contributed by atoms with Crippen molar-refractivity contribution in [3.63, 3.8) is 0 Å². The highest BCUT2D eigenvalue weighted by atomic mass is 16.5. The molecule has 4 aliphatic heterocycles. The standard InChI is InChI=1S/C88H61N5O/c1-88(2,3)65-47-48-89-85(52-65)93-80-46-41-66-53-78(80)76-45-43-68(55-84(76)93)94-67-42-44-75(83(54-67)90-56-91(82-40-15-14-39-81(82)90)86-70(57-21-6-4-7-22-57)34-19-35-71(86)58-23-8-5-9-24-58)73-32-11-10-31-69(73)63-29-17-27-61(50-63)59-25-16-26-60(49-59)62-28-18-30-64(51-62)72-36-20-37-77-74-33-12-13-38-79(74)92(66)87(72)77/h4-55H,1-3H3/i4D,5D,6D,7D,8D,9D,21D,22D,23D,24D. The van der Waals surface area contributed by atoms with Gasteiger partial charge in [-0.15, -0.1) is 0 Å². The van der Waals surface area contributed by atoms with Gasteiger partial charge in [-0.1, -0.05) is 245 Å². The van der Waals surface area contributed by atoms with Crippen LogP contribution in [-0.4, -0.2) is 18.7 Å². The van der Waals surface area contributed by atoms with Gasteiger partial charge in [-0.25, -0.2) is 4.98 Å². The summed E-state index contributed by atoms with van der Waals surface area (Å²) in [5, 5.41) is 4.28. The van der Waals surface area contributed by atoms with E-state index in [1.807, 2.05) is 71.4 Å². The predicted octanol–water partition coefficient (Wildman–Crippen LogP) is 22.4. The van der Waals surface area contributed by atoms with Crippen molar-refractivity contribution >= 4 is 54.6 Å². The number of para-hydroxylation sites is 5. The first kappa shape index (κ1) is 45.2. The zero-order valence-electron chi connectivity index (χ0n) is 61.4. The minimum atomic E-state index is -0.585. The molecule has 4 aliphatic rings. The number of hydrogen-bond donors (Lipinski definition) is 0. The molecular weight excluding hydrogens is 1140 g/mol. The Morgan fingerprint density at radius 2 is 0.947 bits per heavy atom. The molecule has 0 radical (unpaired) electrons. The van der Waals surface area contributed by atoms with E-state index in [1.54, 1.807) is 22.8 Å². The maximum Gasteiger partial charge on any atom is 0.269 e. The molecule has 8 heterocycles. The quantitative estimate of drug-likeness (QED) is 0.127. The van der Waals surface area contributed by atoms with Crippen molar-refractivity contribution in [2.75, 3.05) is 0 Å². The highest BCUT2D eigenvalue weighted by Gasteiger charge is 2.26. The smallest absolute Gasteiger partial charge is 0.269 e. The Bertz CT molecular complexity index is 6390. The lowest BCUT2D eigenvalue weighted by Crippen LogP contribution is -2.31. The number of rotatable bonds is 5. The highest BCUT2D eigenvalue weighted by molar-refractivity contribution is 6.15. The minimum Gasteiger partial charge on any atom is -0.458 e. The second kappa shape index (κ2) is 21.8. The maximum absolute atomic E-state index is 9.40. The molecule has 13 aromatic carbocycles. The molecule has 0 aliphatic carbocycles. The summed E-state index contributed by atoms with van der Waals surface area (Å²) in [4.78, 5) is 5.11. The lowest BCUT2D eigenvalue weighted by atomic mass is 9.88. The fraction of sp³-hybridized carbons (Fsp3) is 0.0455. The first-order valence-electron chi connectivity index (χ1n) is 36.4. The molecule has 17 aromatic rings. The van der Waals surface area contributed by atoms with Crippen molar-refractivity contribution in [3.8, 4) is 112 Å². The fourth-order valence-electron chi connectivity index (χ4n) is 14.0. The van der Waals surface area contributed by atoms with E-state index in [2.05, 4.69) is 206 Å². The molecule has 6 heteroatoms. The number of hydrogen-bond acceptors (Lipinski definition) is 2. The van der Waals surface area contributed by atoms with E-state index in [-0.39, 0.29) is 33.4 Å². The largest absolute Gasteiger partial charge is 0.458 e. The van der Waals surface area contributed by atoms with Gasteiger partial charge in [0, 0.05) is 45.1 Å². The maximum atomic E-state index is 9.40. The van der Waals surface area contributed by atoms with Crippen molar-refractivity contribution < 1.29 is 23.0 Å². The molecule has 0 saturated heterocycles. The summed E-state index contributed by atoms with van der Waals surface area (Å²) >= 11 is 0. The summed E-state index contributed by atoms with van der Waals surface area (Å²) < 4.78 is 106. The van der Waals surface area contributed by atoms with Crippen LogP contribution in [0.5, 0.6) is 11.5 Å². The Hall–Kier alpha value is -12.1. The molecule has 0 fully saturated rings. The monoisotopic (exact) mass is 1210 g/mol. The number of ether oxygens (including phenoxy) is 1. The van der Waals surface area contributed by atoms with E-state index in [4.69, 9.17) is 17.9 Å². The molecule has 0 unspecified atom stereocenters. The molecule has 4 aromatic heterocycles. The van der Waals surface area contributed by atoms with Gasteiger partial charge < -0.3 is 9.30 Å². The van der Waals surface area contributed by atoms with Crippen molar-refractivity contribution in [2.45, 2.75) is 26.2 Å². The molecule has 0 spiro atoms. The lowest BCUT2D eigenvalue weighted by Gasteiger charge is -2.20. The second-order valence-electron chi connectivity index (χ2n) is 25.0. The zero-order chi connectivity index (χ0) is 71.3. The van der Waals surface area contributed by atoms with Gasteiger partial charge in [0.05, 0.1) is 58.2 Å². The summed E-state index contributed by atoms with van der Waals surface area (Å²) in [5.41, 5.74) is 17.6. The molecule has 0 amide bonds. The zero-order valence-corrected chi connectivity index (χ0v) is 51.4. The van der Waals surface area contributed by atoms with Gasteiger partial charge in [-0.3, -0.25) is 13.7 Å². The third-order valence-corrected chi connectivity index (χ3v) is 18.4. The third-order valence-electron chi connectivity index (χ3n) is 18.4. The van der Waals surface area contributed by atoms with Crippen LogP contribution in [0.1, 0.15) is 40.0 Å². The van der Waals surface area contributed by atoms with E-state index in [9.17, 15) is 5.48 Å². The normalized spacial score (nSPS) is 13.6. The van der Waals surface area contributed by atoms with Crippen molar-refractivity contribution in [2.24, 2.45) is 0 Å². The molecule has 0 N–H and O–H groups in total. The van der Waals surface area contributed by atoms with Gasteiger partial charge in [0.15, 0.2) is 0 Å². The van der Waals surface area contributed by atoms with E-state index in [0.717, 1.165) is 116 Å². The SMILES string of the molecule is [2H]c1c([2H])c([2H])c(-c2cccc(-c3c([2H])c([2H])c([2H])c([2H])c3[2H])c2-[n+]2[c-]n(-c3cc4ccc3-c3ccccc3-c3cccc(c3)-c3cccc(c3)-c3cccc(c3)-c3cccc5c6ccccc6n(c35)-c3ccc5c(c3)c3ccc(cc3n5-c3cc(C(C)(C)C)ccn3)O4)c3ccccc32)c([2H])c1[2H]. The number of fused-ring (bicyclic) bond motifs is 3. The molecule has 6 nitrogen and oxygen atoms in total. The fourth-order valence-corrected chi connectivity index (χ4v) is 14.0. The van der Waals surface area contributed by atoms with Crippen LogP contribution in [0.2, 0.25) is 0 Å². The van der Waals surface area contributed by atoms with Crippen LogP contribution < -0.4 is 9.30 Å². The van der Waals surface area contributed by atoms with Gasteiger partial charge in [0.25, 0.3) is 6.33 Å². The summed E-state index contributed by atoms with van der Waals surface area (Å²) in [6.07, 6.45) is 5.57. The first-order chi connectivity index (χ1) is 50.4. The molecule has 13 bridgehead atoms. The van der Waals surface area contributed by atoms with Crippen LogP contribution in [0.4, 0.5) is 0 Å². The summed E-state index contributed by atoms with van der Waals surface area (Å²) in [5.74, 6) is 1.75. The average Bonchev–Trinajstić information content (AvgIpc) is 1.54. The van der Waals surface area contributed by atoms with Gasteiger partial charge in [0.1, 0.15) is 17.3 Å². The number of imidazole rings is 1. The number of pyridine rings is 1. The molecular formula is C88H61N5O. The van der Waals surface area contributed by atoms with Gasteiger partial charge in [0.2, 0.25) is 0 Å². The van der Waals surface area contributed by atoms with Gasteiger partial charge in [-0.2, -0.15) is 0 Å². The Morgan fingerprint density at radius 1 is 0.394 bits per heavy atom. The van der Waals surface area contributed by atoms with E-state index in [0.29, 0.717) is 28.2 Å². The Balaban J connectivity index is 0.919. The van der Waals surface area contributed by atoms with Gasteiger partial charge in [-0.05, 0) is 162 Å². The number of nitrogens with zero attached hydrogens (tertiary/aromatic N) is 5. The summed E-state index contributed by atoms with van der Waals surface area (Å²) in [6, 6.07) is 79.7. The van der Waals surface area contributed by atoms with Crippen LogP contribution >= 0.6 is 0 Å². The minimum absolute atomic E-state index is 0.130. The summed E-state index contributed by atoms with van der Waals surface area (Å²) in [7, 11) is 0. The molecule has 0 saturated carbocycles. The topological polar surface area (TPSA) is 40.8 Å². The predicted molar refractivity (Wildman–Crippen MR) is 387 cm³/mol. The second-order valence-corrected chi connectivity index (χ2v) is 25.0. The van der Waals surface area contributed by atoms with E-state index >= 15 is 0 Å². The molecule has 94 heavy (non-hydrogen) atoms. The van der Waals surface area contributed by atoms with Crippen molar-refractivity contribution in [1.82, 2.24) is 18.7 Å². The Morgan fingerprint density at radius 3 is 1.67 bits per heavy atom. The van der Waals surface area contributed by atoms with Crippen LogP contribution in [0.25, 0.3) is 155 Å². The summed E-state index contributed by atoms with van der Waals surface area (Å²) in [6.45, 7) is 6.61. The van der Waals surface area contributed by atoms with Crippen LogP contribution in [-0.2, 0) is 5.41 Å². The van der Waals surface area contributed by atoms with Crippen molar-refractivity contribution in [1.29, 1.82) is 0 Å². The number of benzene rings is 13.